The highest BCUT2D eigenvalue weighted by Gasteiger charge is 2.48. The van der Waals surface area contributed by atoms with Crippen LogP contribution in [0, 0.1) is 0 Å². The van der Waals surface area contributed by atoms with Crippen molar-refractivity contribution in [3.63, 3.8) is 0 Å². The Hall–Kier alpha value is -0.450. The predicted octanol–water partition coefficient (Wildman–Crippen LogP) is 7.32. The minimum atomic E-state index is -4.58. The highest BCUT2D eigenvalue weighted by Crippen LogP contribution is 2.52. The van der Waals surface area contributed by atoms with E-state index in [0.717, 1.165) is 19.3 Å². The molecule has 5 nitrogen and oxygen atoms in total. The molecule has 0 bridgehead atoms. The van der Waals surface area contributed by atoms with Gasteiger partial charge in [-0.3, -0.25) is 4.57 Å². The second-order valence-corrected chi connectivity index (χ2v) is 12.6. The molecule has 1 atom stereocenters. The van der Waals surface area contributed by atoms with E-state index in [9.17, 15) is 19.5 Å². The number of quaternary nitrogens is 1. The molecule has 0 aromatic carbocycles. The van der Waals surface area contributed by atoms with E-state index in [1.165, 1.54) is 77.0 Å². The van der Waals surface area contributed by atoms with Crippen LogP contribution in [0.15, 0.2) is 24.3 Å². The van der Waals surface area contributed by atoms with E-state index >= 15 is 0 Å². The molecular weight excluding hydrogens is 433 g/mol. The summed E-state index contributed by atoms with van der Waals surface area (Å²) in [5.74, 6) is 0. The van der Waals surface area contributed by atoms with Crippen LogP contribution in [0.1, 0.15) is 116 Å². The minimum absolute atomic E-state index is 0.0298. The van der Waals surface area contributed by atoms with E-state index in [2.05, 4.69) is 25.2 Å². The molecule has 0 aromatic rings. The summed E-state index contributed by atoms with van der Waals surface area (Å²) in [6, 6.07) is 0. The summed E-state index contributed by atoms with van der Waals surface area (Å²) < 4.78 is 12.1. The van der Waals surface area contributed by atoms with Crippen molar-refractivity contribution in [3.05, 3.63) is 24.3 Å². The molecular formula is C27H55NO4P+. The number of nitrogens with zero attached hydrogens (tertiary/aromatic N) is 1. The van der Waals surface area contributed by atoms with E-state index in [1.807, 2.05) is 27.2 Å². The van der Waals surface area contributed by atoms with Crippen LogP contribution in [-0.4, -0.2) is 52.4 Å². The lowest BCUT2D eigenvalue weighted by Gasteiger charge is -2.35. The van der Waals surface area contributed by atoms with Crippen LogP contribution in [0.2, 0.25) is 0 Å². The Kier molecular flexibility index (Phi) is 18.6. The largest absolute Gasteiger partial charge is 0.373 e. The predicted molar refractivity (Wildman–Crippen MR) is 142 cm³/mol. The van der Waals surface area contributed by atoms with Gasteiger partial charge in [-0.25, -0.2) is 0 Å². The first-order valence-corrected chi connectivity index (χ1v) is 15.0. The molecule has 3 N–H and O–H groups in total. The number of hydrogen-bond donors (Lipinski definition) is 3. The molecule has 0 aliphatic heterocycles. The van der Waals surface area contributed by atoms with Gasteiger partial charge in [0.25, 0.3) is 0 Å². The Labute approximate surface area is 205 Å². The summed E-state index contributed by atoms with van der Waals surface area (Å²) in [7, 11) is 0.901. The molecule has 0 rings (SSSR count). The second kappa shape index (κ2) is 18.8. The molecule has 0 aromatic heterocycles. The highest BCUT2D eigenvalue weighted by molar-refractivity contribution is 7.53. The summed E-state index contributed by atoms with van der Waals surface area (Å²) in [5.41, 5.74) is 0. The second-order valence-electron chi connectivity index (χ2n) is 10.7. The van der Waals surface area contributed by atoms with Gasteiger partial charge in [0.05, 0.1) is 21.1 Å². The Morgan fingerprint density at radius 2 is 1.03 bits per heavy atom. The molecule has 0 fully saturated rings. The Balaban J connectivity index is 3.61. The van der Waals surface area contributed by atoms with Crippen LogP contribution in [-0.2, 0) is 4.57 Å². The van der Waals surface area contributed by atoms with E-state index in [1.54, 1.807) is 0 Å². The molecule has 1 unspecified atom stereocenters. The lowest BCUT2D eigenvalue weighted by Crippen LogP contribution is -2.49. The van der Waals surface area contributed by atoms with Crippen molar-refractivity contribution in [3.8, 4) is 0 Å². The minimum Gasteiger partial charge on any atom is -0.373 e. The third kappa shape index (κ3) is 19.5. The lowest BCUT2D eigenvalue weighted by molar-refractivity contribution is -0.875. The molecule has 0 heterocycles. The van der Waals surface area contributed by atoms with Gasteiger partial charge in [0.2, 0.25) is 5.34 Å². The van der Waals surface area contributed by atoms with Crippen molar-refractivity contribution in [1.82, 2.24) is 0 Å². The summed E-state index contributed by atoms with van der Waals surface area (Å²) in [6.07, 6.45) is 28.6. The van der Waals surface area contributed by atoms with Crippen molar-refractivity contribution in [2.24, 2.45) is 0 Å². The highest BCUT2D eigenvalue weighted by atomic mass is 31.2. The monoisotopic (exact) mass is 488 g/mol. The zero-order chi connectivity index (χ0) is 25.1. The number of aliphatic hydroxyl groups is 1. The first-order valence-electron chi connectivity index (χ1n) is 13.4. The van der Waals surface area contributed by atoms with Gasteiger partial charge < -0.3 is 19.4 Å². The van der Waals surface area contributed by atoms with Crippen LogP contribution < -0.4 is 0 Å². The molecule has 196 valence electrons. The van der Waals surface area contributed by atoms with Crippen molar-refractivity contribution in [2.75, 3.05) is 27.7 Å². The fraction of sp³-hybridized carbons (Fsp3) is 0.852. The molecule has 0 saturated heterocycles. The van der Waals surface area contributed by atoms with E-state index < -0.39 is 12.9 Å². The molecule has 0 aliphatic carbocycles. The summed E-state index contributed by atoms with van der Waals surface area (Å²) in [4.78, 5) is 19.2. The fourth-order valence-electron chi connectivity index (χ4n) is 4.20. The number of hydrogen-bond acceptors (Lipinski definition) is 2. The lowest BCUT2D eigenvalue weighted by atomic mass is 10.0. The van der Waals surface area contributed by atoms with Crippen molar-refractivity contribution < 1.29 is 23.9 Å². The maximum atomic E-state index is 11.8. The van der Waals surface area contributed by atoms with Gasteiger partial charge in [-0.2, -0.15) is 0 Å². The summed E-state index contributed by atoms with van der Waals surface area (Å²) >= 11 is 0. The zero-order valence-corrected chi connectivity index (χ0v) is 23.1. The van der Waals surface area contributed by atoms with Gasteiger partial charge in [-0.1, -0.05) is 95.4 Å². The molecule has 0 aliphatic rings. The van der Waals surface area contributed by atoms with Crippen molar-refractivity contribution in [1.29, 1.82) is 0 Å². The summed E-state index contributed by atoms with van der Waals surface area (Å²) in [6.45, 7) is 2.22. The molecule has 6 heteroatoms. The fourth-order valence-corrected chi connectivity index (χ4v) is 5.23. The molecule has 0 spiro atoms. The van der Waals surface area contributed by atoms with Crippen LogP contribution in [0.3, 0.4) is 0 Å². The first kappa shape index (κ1) is 32.5. The first-order chi connectivity index (χ1) is 15.5. The average molecular weight is 489 g/mol. The standard InChI is InChI=1S/C27H54NO4P/c1-5-6-7-8-9-10-11-12-13-14-15-16-17-18-19-20-21-22-23-24-25-27(29,33(30,31)32)26-28(2,3)4/h6-7,22-23,29H,5,8-21,24-26H2,1-4H3,(H-,30,31,32)/p+1/b7-6-,23-22-. The number of likely N-dealkylation sites (N-methyl/N-ethyl adjacent to an activating group) is 1. The number of rotatable bonds is 22. The van der Waals surface area contributed by atoms with Gasteiger partial charge in [0, 0.05) is 0 Å². The van der Waals surface area contributed by atoms with E-state index in [0.29, 0.717) is 10.9 Å². The maximum absolute atomic E-state index is 11.8. The Bertz CT molecular complexity index is 565. The van der Waals surface area contributed by atoms with Gasteiger partial charge in [-0.05, 0) is 44.9 Å². The quantitative estimate of drug-likeness (QED) is 0.0645. The van der Waals surface area contributed by atoms with Gasteiger partial charge >= 0.3 is 7.60 Å². The van der Waals surface area contributed by atoms with Crippen molar-refractivity contribution >= 4 is 7.60 Å². The van der Waals surface area contributed by atoms with E-state index in [4.69, 9.17) is 0 Å². The van der Waals surface area contributed by atoms with Crippen LogP contribution in [0.25, 0.3) is 0 Å². The Morgan fingerprint density at radius 3 is 1.39 bits per heavy atom. The Morgan fingerprint density at radius 1 is 0.667 bits per heavy atom. The number of allylic oxidation sites excluding steroid dienone is 4. The molecule has 0 radical (unpaired) electrons. The van der Waals surface area contributed by atoms with Gasteiger partial charge in [-0.15, -0.1) is 0 Å². The SMILES string of the molecule is CC/C=C\CCCCCCCCCCCCCC/C=C\CCC(O)(C[N+](C)(C)C)P(=O)(O)O. The van der Waals surface area contributed by atoms with E-state index in [-0.39, 0.29) is 13.0 Å². The maximum Gasteiger partial charge on any atom is 0.362 e. The normalized spacial score (nSPS) is 15.0. The third-order valence-corrected chi connectivity index (χ3v) is 7.49. The third-order valence-electron chi connectivity index (χ3n) is 6.04. The molecule has 0 saturated carbocycles. The topological polar surface area (TPSA) is 77.8 Å². The van der Waals surface area contributed by atoms with Gasteiger partial charge in [0.15, 0.2) is 0 Å². The van der Waals surface area contributed by atoms with Crippen LogP contribution >= 0.6 is 7.60 Å². The zero-order valence-electron chi connectivity index (χ0n) is 22.2. The average Bonchev–Trinajstić information content (AvgIpc) is 2.70. The summed E-state index contributed by atoms with van der Waals surface area (Å²) in [5, 5.41) is 8.56. The van der Waals surface area contributed by atoms with Crippen LogP contribution in [0.5, 0.6) is 0 Å². The molecule has 33 heavy (non-hydrogen) atoms. The smallest absolute Gasteiger partial charge is 0.362 e. The van der Waals surface area contributed by atoms with Crippen LogP contribution in [0.4, 0.5) is 0 Å². The number of unbranched alkanes of at least 4 members (excludes halogenated alkanes) is 13. The van der Waals surface area contributed by atoms with Crippen molar-refractivity contribution in [2.45, 2.75) is 121 Å². The van der Waals surface area contributed by atoms with Gasteiger partial charge in [0.1, 0.15) is 6.54 Å². The molecule has 0 amide bonds.